The van der Waals surface area contributed by atoms with E-state index in [9.17, 15) is 9.18 Å². The highest BCUT2D eigenvalue weighted by molar-refractivity contribution is 6.18. The van der Waals surface area contributed by atoms with Gasteiger partial charge >= 0.3 is 6.03 Å². The van der Waals surface area contributed by atoms with Gasteiger partial charge in [-0.3, -0.25) is 4.98 Å². The van der Waals surface area contributed by atoms with Crippen LogP contribution in [0.25, 0.3) is 0 Å². The number of primary amides is 1. The first-order chi connectivity index (χ1) is 10.6. The molecule has 0 saturated heterocycles. The molecule has 22 heavy (non-hydrogen) atoms. The van der Waals surface area contributed by atoms with Gasteiger partial charge in [0.1, 0.15) is 23.9 Å². The number of carbonyl (C=O) groups excluding carboxylic acids is 1. The van der Waals surface area contributed by atoms with Gasteiger partial charge in [0.2, 0.25) is 0 Å². The molecule has 0 aliphatic carbocycles. The highest BCUT2D eigenvalue weighted by Crippen LogP contribution is 2.24. The third-order valence-corrected chi connectivity index (χ3v) is 3.19. The van der Waals surface area contributed by atoms with Gasteiger partial charge in [0, 0.05) is 12.1 Å². The molecule has 1 atom stereocenters. The number of aromatic nitrogens is 1. The summed E-state index contributed by atoms with van der Waals surface area (Å²) in [4.78, 5) is 15.2. The molecular weight excluding hydrogens is 309 g/mol. The van der Waals surface area contributed by atoms with Crippen LogP contribution in [0.3, 0.4) is 0 Å². The quantitative estimate of drug-likeness (QED) is 0.802. The number of hydrogen-bond donors (Lipinski definition) is 2. The maximum Gasteiger partial charge on any atom is 0.312 e. The van der Waals surface area contributed by atoms with Gasteiger partial charge in [-0.2, -0.15) is 0 Å². The molecule has 116 valence electrons. The van der Waals surface area contributed by atoms with Crippen molar-refractivity contribution < 1.29 is 13.9 Å². The lowest BCUT2D eigenvalue weighted by Crippen LogP contribution is -2.34. The van der Waals surface area contributed by atoms with Crippen LogP contribution >= 0.6 is 11.6 Å². The largest absolute Gasteiger partial charge is 0.487 e. The minimum absolute atomic E-state index is 0.0935. The van der Waals surface area contributed by atoms with E-state index in [1.807, 2.05) is 0 Å². The Morgan fingerprint density at radius 3 is 2.91 bits per heavy atom. The van der Waals surface area contributed by atoms with Crippen LogP contribution in [0.4, 0.5) is 9.18 Å². The summed E-state index contributed by atoms with van der Waals surface area (Å²) in [6, 6.07) is 8.23. The molecule has 0 saturated carbocycles. The molecular formula is C15H15ClFN3O2. The minimum Gasteiger partial charge on any atom is -0.487 e. The molecule has 0 spiro atoms. The lowest BCUT2D eigenvalue weighted by molar-refractivity contribution is 0.245. The number of rotatable bonds is 6. The average molecular weight is 324 g/mol. The third-order valence-electron chi connectivity index (χ3n) is 2.88. The number of halogens is 2. The summed E-state index contributed by atoms with van der Waals surface area (Å²) >= 11 is 5.84. The number of amides is 2. The Bertz CT molecular complexity index is 654. The highest BCUT2D eigenvalue weighted by Gasteiger charge is 2.18. The number of nitrogens with one attached hydrogen (secondary N) is 1. The zero-order valence-corrected chi connectivity index (χ0v) is 12.4. The molecule has 1 heterocycles. The lowest BCUT2D eigenvalue weighted by atomic mass is 10.2. The molecule has 0 radical (unpaired) electrons. The van der Waals surface area contributed by atoms with E-state index >= 15 is 0 Å². The SMILES string of the molecule is NC(=O)NC(CCl)c1ncccc1OCc1cccc(F)c1. The van der Waals surface area contributed by atoms with Gasteiger partial charge in [0.05, 0.1) is 6.04 Å². The number of carbonyl (C=O) groups is 1. The highest BCUT2D eigenvalue weighted by atomic mass is 35.5. The Kier molecular flexibility index (Phi) is 5.55. The van der Waals surface area contributed by atoms with Crippen molar-refractivity contribution in [1.82, 2.24) is 10.3 Å². The molecule has 0 fully saturated rings. The van der Waals surface area contributed by atoms with Crippen LogP contribution in [0.15, 0.2) is 42.6 Å². The van der Waals surface area contributed by atoms with Gasteiger partial charge in [-0.1, -0.05) is 12.1 Å². The van der Waals surface area contributed by atoms with Crippen LogP contribution < -0.4 is 15.8 Å². The molecule has 2 amide bonds. The first-order valence-electron chi connectivity index (χ1n) is 6.54. The summed E-state index contributed by atoms with van der Waals surface area (Å²) in [7, 11) is 0. The van der Waals surface area contributed by atoms with E-state index in [2.05, 4.69) is 10.3 Å². The zero-order chi connectivity index (χ0) is 15.9. The molecule has 0 aliphatic heterocycles. The standard InChI is InChI=1S/C15H15ClFN3O2/c16-8-12(20-15(18)21)14-13(5-2-6-19-14)22-9-10-3-1-4-11(17)7-10/h1-7,12H,8-9H2,(H3,18,20,21). The Morgan fingerprint density at radius 1 is 1.41 bits per heavy atom. The second kappa shape index (κ2) is 7.61. The number of hydrogen-bond acceptors (Lipinski definition) is 3. The molecule has 1 unspecified atom stereocenters. The Hall–Kier alpha value is -2.34. The van der Waals surface area contributed by atoms with Gasteiger partial charge < -0.3 is 15.8 Å². The number of alkyl halides is 1. The number of benzene rings is 1. The number of urea groups is 1. The predicted octanol–water partition coefficient (Wildman–Crippen LogP) is 2.75. The summed E-state index contributed by atoms with van der Waals surface area (Å²) in [5.41, 5.74) is 6.27. The van der Waals surface area contributed by atoms with Gasteiger partial charge in [0.25, 0.3) is 0 Å². The van der Waals surface area contributed by atoms with Crippen molar-refractivity contribution in [2.45, 2.75) is 12.6 Å². The van der Waals surface area contributed by atoms with Crippen molar-refractivity contribution >= 4 is 17.6 Å². The number of nitrogens with zero attached hydrogens (tertiary/aromatic N) is 1. The van der Waals surface area contributed by atoms with Gasteiger partial charge in [0.15, 0.2) is 0 Å². The molecule has 5 nitrogen and oxygen atoms in total. The lowest BCUT2D eigenvalue weighted by Gasteiger charge is -2.17. The van der Waals surface area contributed by atoms with Crippen molar-refractivity contribution in [3.63, 3.8) is 0 Å². The first-order valence-corrected chi connectivity index (χ1v) is 7.07. The van der Waals surface area contributed by atoms with E-state index < -0.39 is 12.1 Å². The number of pyridine rings is 1. The van der Waals surface area contributed by atoms with Crippen molar-refractivity contribution in [2.24, 2.45) is 5.73 Å². The molecule has 0 bridgehead atoms. The summed E-state index contributed by atoms with van der Waals surface area (Å²) in [6.45, 7) is 0.169. The molecule has 7 heteroatoms. The van der Waals surface area contributed by atoms with Crippen molar-refractivity contribution in [3.05, 3.63) is 59.7 Å². The Morgan fingerprint density at radius 2 is 2.23 bits per heavy atom. The molecule has 2 rings (SSSR count). The minimum atomic E-state index is -0.701. The van der Waals surface area contributed by atoms with Crippen LogP contribution in [-0.4, -0.2) is 16.9 Å². The smallest absolute Gasteiger partial charge is 0.312 e. The Balaban J connectivity index is 2.15. The number of ether oxygens (including phenoxy) is 1. The first kappa shape index (κ1) is 16.0. The molecule has 0 aliphatic rings. The fourth-order valence-electron chi connectivity index (χ4n) is 1.93. The molecule has 2 aromatic rings. The van der Waals surface area contributed by atoms with Gasteiger partial charge in [-0.15, -0.1) is 11.6 Å². The predicted molar refractivity (Wildman–Crippen MR) is 81.1 cm³/mol. The summed E-state index contributed by atoms with van der Waals surface area (Å²) in [5.74, 6) is 0.212. The fraction of sp³-hybridized carbons (Fsp3) is 0.200. The van der Waals surface area contributed by atoms with Crippen molar-refractivity contribution in [3.8, 4) is 5.75 Å². The topological polar surface area (TPSA) is 77.2 Å². The fourth-order valence-corrected chi connectivity index (χ4v) is 2.15. The normalized spacial score (nSPS) is 11.7. The van der Waals surface area contributed by atoms with Crippen LogP contribution in [0.1, 0.15) is 17.3 Å². The molecule has 3 N–H and O–H groups in total. The van der Waals surface area contributed by atoms with E-state index in [1.165, 1.54) is 12.1 Å². The molecule has 1 aromatic carbocycles. The summed E-state index contributed by atoms with van der Waals surface area (Å²) < 4.78 is 18.8. The van der Waals surface area contributed by atoms with E-state index in [0.717, 1.165) is 0 Å². The van der Waals surface area contributed by atoms with E-state index in [4.69, 9.17) is 22.1 Å². The second-order valence-electron chi connectivity index (χ2n) is 4.52. The average Bonchev–Trinajstić information content (AvgIpc) is 2.51. The van der Waals surface area contributed by atoms with Crippen LogP contribution in [0.5, 0.6) is 5.75 Å². The van der Waals surface area contributed by atoms with Crippen LogP contribution in [0, 0.1) is 5.82 Å². The molecule has 1 aromatic heterocycles. The van der Waals surface area contributed by atoms with Gasteiger partial charge in [-0.25, -0.2) is 9.18 Å². The monoisotopic (exact) mass is 323 g/mol. The van der Waals surface area contributed by atoms with Crippen LogP contribution in [0.2, 0.25) is 0 Å². The maximum atomic E-state index is 13.2. The summed E-state index contributed by atoms with van der Waals surface area (Å²) in [5, 5.41) is 2.50. The second-order valence-corrected chi connectivity index (χ2v) is 4.83. The van der Waals surface area contributed by atoms with E-state index in [1.54, 1.807) is 30.5 Å². The summed E-state index contributed by atoms with van der Waals surface area (Å²) in [6.07, 6.45) is 1.56. The maximum absolute atomic E-state index is 13.2. The van der Waals surface area contributed by atoms with Crippen LogP contribution in [-0.2, 0) is 6.61 Å². The third kappa shape index (κ3) is 4.33. The Labute approximate surface area is 132 Å². The zero-order valence-electron chi connectivity index (χ0n) is 11.6. The number of nitrogens with two attached hydrogens (primary N) is 1. The van der Waals surface area contributed by atoms with Crippen molar-refractivity contribution in [2.75, 3.05) is 5.88 Å². The van der Waals surface area contributed by atoms with E-state index in [0.29, 0.717) is 17.0 Å². The van der Waals surface area contributed by atoms with E-state index in [-0.39, 0.29) is 18.3 Å². The van der Waals surface area contributed by atoms with Gasteiger partial charge in [-0.05, 0) is 29.8 Å². The van der Waals surface area contributed by atoms with Crippen molar-refractivity contribution in [1.29, 1.82) is 0 Å².